The van der Waals surface area contributed by atoms with Crippen molar-refractivity contribution in [2.24, 2.45) is 5.90 Å². The van der Waals surface area contributed by atoms with E-state index in [1.807, 2.05) is 0 Å². The summed E-state index contributed by atoms with van der Waals surface area (Å²) in [5.74, 6) is 3.43. The third-order valence-corrected chi connectivity index (χ3v) is 1.26. The second-order valence-corrected chi connectivity index (χ2v) is 1.96. The molecule has 0 bridgehead atoms. The van der Waals surface area contributed by atoms with Crippen LogP contribution < -0.4 is 10.7 Å². The molecule has 0 unspecified atom stereocenters. The number of hydrogen-bond acceptors (Lipinski definition) is 4. The fourth-order valence-corrected chi connectivity index (χ4v) is 0.768. The van der Waals surface area contributed by atoms with E-state index in [-0.39, 0.29) is 5.75 Å². The molecule has 0 fully saturated rings. The smallest absolute Gasteiger partial charge is 0.348 e. The predicted molar refractivity (Wildman–Crippen MR) is 37.9 cm³/mol. The van der Waals surface area contributed by atoms with E-state index >= 15 is 0 Å². The lowest BCUT2D eigenvalue weighted by molar-refractivity contribution is -0.388. The van der Waals surface area contributed by atoms with Crippen molar-refractivity contribution < 1.29 is 14.2 Å². The SMILES string of the molecule is NOc1cccc(F)c1[N+](=O)[O-]. The monoisotopic (exact) mass is 172 g/mol. The quantitative estimate of drug-likeness (QED) is 0.532. The van der Waals surface area contributed by atoms with Gasteiger partial charge in [-0.05, 0) is 12.1 Å². The summed E-state index contributed by atoms with van der Waals surface area (Å²) < 4.78 is 12.7. The second-order valence-electron chi connectivity index (χ2n) is 1.96. The number of nitrogens with two attached hydrogens (primary N) is 1. The van der Waals surface area contributed by atoms with Crippen molar-refractivity contribution in [3.05, 3.63) is 34.1 Å². The van der Waals surface area contributed by atoms with Gasteiger partial charge in [-0.25, -0.2) is 0 Å². The largest absolute Gasteiger partial charge is 0.404 e. The minimum Gasteiger partial charge on any atom is -0.404 e. The Bertz CT molecular complexity index is 316. The maximum absolute atomic E-state index is 12.7. The Balaban J connectivity index is 3.29. The Labute approximate surface area is 66.7 Å². The van der Waals surface area contributed by atoms with E-state index in [9.17, 15) is 14.5 Å². The molecule has 64 valence electrons. The first-order chi connectivity index (χ1) is 5.66. The highest BCUT2D eigenvalue weighted by Gasteiger charge is 2.20. The van der Waals surface area contributed by atoms with Crippen LogP contribution in [0.15, 0.2) is 18.2 Å². The molecule has 0 aliphatic carbocycles. The van der Waals surface area contributed by atoms with Crippen LogP contribution in [0.25, 0.3) is 0 Å². The lowest BCUT2D eigenvalue weighted by atomic mass is 10.3. The average molecular weight is 172 g/mol. The number of halogens is 1. The predicted octanol–water partition coefficient (Wildman–Crippen LogP) is 0.986. The fourth-order valence-electron chi connectivity index (χ4n) is 0.768. The third-order valence-electron chi connectivity index (χ3n) is 1.26. The first-order valence-corrected chi connectivity index (χ1v) is 2.96. The van der Waals surface area contributed by atoms with Gasteiger partial charge < -0.3 is 4.84 Å². The molecule has 0 amide bonds. The number of nitrogens with zero attached hydrogens (tertiary/aromatic N) is 1. The summed E-state index contributed by atoms with van der Waals surface area (Å²) in [5.41, 5.74) is -0.750. The molecule has 6 heteroatoms. The van der Waals surface area contributed by atoms with Crippen molar-refractivity contribution in [1.82, 2.24) is 0 Å². The summed E-state index contributed by atoms with van der Waals surface area (Å²) in [6.07, 6.45) is 0. The number of benzene rings is 1. The van der Waals surface area contributed by atoms with Gasteiger partial charge in [0.1, 0.15) is 0 Å². The highest BCUT2D eigenvalue weighted by atomic mass is 19.1. The molecular weight excluding hydrogens is 167 g/mol. The van der Waals surface area contributed by atoms with E-state index in [0.29, 0.717) is 0 Å². The number of nitro groups is 1. The Morgan fingerprint density at radius 1 is 1.58 bits per heavy atom. The van der Waals surface area contributed by atoms with Crippen molar-refractivity contribution in [1.29, 1.82) is 0 Å². The number of para-hydroxylation sites is 1. The van der Waals surface area contributed by atoms with E-state index in [1.54, 1.807) is 0 Å². The van der Waals surface area contributed by atoms with Gasteiger partial charge in [0.25, 0.3) is 0 Å². The molecule has 0 saturated carbocycles. The summed E-state index contributed by atoms with van der Waals surface area (Å²) in [7, 11) is 0. The van der Waals surface area contributed by atoms with E-state index in [2.05, 4.69) is 10.7 Å². The molecule has 0 aliphatic rings. The maximum atomic E-state index is 12.7. The first-order valence-electron chi connectivity index (χ1n) is 2.96. The third kappa shape index (κ3) is 1.32. The minimum atomic E-state index is -0.969. The number of nitro benzene ring substituents is 1. The van der Waals surface area contributed by atoms with Crippen LogP contribution in [0.3, 0.4) is 0 Å². The van der Waals surface area contributed by atoms with Crippen LogP contribution in [0.4, 0.5) is 10.1 Å². The summed E-state index contributed by atoms with van der Waals surface area (Å²) in [6.45, 7) is 0. The molecule has 5 nitrogen and oxygen atoms in total. The Morgan fingerprint density at radius 2 is 2.25 bits per heavy atom. The summed E-state index contributed by atoms with van der Waals surface area (Å²) >= 11 is 0. The van der Waals surface area contributed by atoms with Crippen LogP contribution >= 0.6 is 0 Å². The lowest BCUT2D eigenvalue weighted by Crippen LogP contribution is -2.05. The van der Waals surface area contributed by atoms with Gasteiger partial charge in [0, 0.05) is 0 Å². The fraction of sp³-hybridized carbons (Fsp3) is 0. The zero-order valence-electron chi connectivity index (χ0n) is 5.86. The second kappa shape index (κ2) is 3.14. The van der Waals surface area contributed by atoms with Crippen LogP contribution in [-0.2, 0) is 0 Å². The van der Waals surface area contributed by atoms with Gasteiger partial charge in [0.2, 0.25) is 11.6 Å². The van der Waals surface area contributed by atoms with Gasteiger partial charge >= 0.3 is 5.69 Å². The van der Waals surface area contributed by atoms with Gasteiger partial charge in [0.15, 0.2) is 0 Å². The van der Waals surface area contributed by atoms with E-state index < -0.39 is 16.4 Å². The van der Waals surface area contributed by atoms with Crippen molar-refractivity contribution >= 4 is 5.69 Å². The highest BCUT2D eigenvalue weighted by Crippen LogP contribution is 2.28. The van der Waals surface area contributed by atoms with Gasteiger partial charge in [-0.1, -0.05) is 6.07 Å². The van der Waals surface area contributed by atoms with Gasteiger partial charge in [-0.3, -0.25) is 10.1 Å². The number of rotatable bonds is 2. The number of hydrogen-bond donors (Lipinski definition) is 1. The van der Waals surface area contributed by atoms with Crippen molar-refractivity contribution in [2.45, 2.75) is 0 Å². The molecule has 0 heterocycles. The maximum Gasteiger partial charge on any atom is 0.348 e. The van der Waals surface area contributed by atoms with Crippen LogP contribution in [0, 0.1) is 15.9 Å². The molecule has 1 aromatic rings. The summed E-state index contributed by atoms with van der Waals surface area (Å²) in [6, 6.07) is 3.44. The van der Waals surface area contributed by atoms with E-state index in [4.69, 9.17) is 0 Å². The molecule has 0 atom stereocenters. The van der Waals surface area contributed by atoms with Crippen LogP contribution in [0.5, 0.6) is 5.75 Å². The lowest BCUT2D eigenvalue weighted by Gasteiger charge is -1.99. The molecule has 1 aromatic carbocycles. The molecular formula is C6H5FN2O3. The molecule has 0 radical (unpaired) electrons. The molecule has 0 spiro atoms. The van der Waals surface area contributed by atoms with Gasteiger partial charge in [-0.15, -0.1) is 0 Å². The zero-order valence-corrected chi connectivity index (χ0v) is 5.86. The topological polar surface area (TPSA) is 78.4 Å². The molecule has 0 aliphatic heterocycles. The van der Waals surface area contributed by atoms with E-state index in [1.165, 1.54) is 12.1 Å². The zero-order chi connectivity index (χ0) is 9.14. The first kappa shape index (κ1) is 8.41. The normalized spacial score (nSPS) is 9.50. The average Bonchev–Trinajstić information content (AvgIpc) is 2.03. The van der Waals surface area contributed by atoms with Crippen LogP contribution in [-0.4, -0.2) is 4.92 Å². The molecule has 0 aromatic heterocycles. The van der Waals surface area contributed by atoms with Crippen molar-refractivity contribution in [3.8, 4) is 5.75 Å². The minimum absolute atomic E-state index is 0.292. The van der Waals surface area contributed by atoms with Gasteiger partial charge in [-0.2, -0.15) is 10.3 Å². The summed E-state index contributed by atoms with van der Waals surface area (Å²) in [4.78, 5) is 13.4. The van der Waals surface area contributed by atoms with Crippen LogP contribution in [0.1, 0.15) is 0 Å². The Morgan fingerprint density at radius 3 is 2.67 bits per heavy atom. The molecule has 2 N–H and O–H groups in total. The molecule has 0 saturated heterocycles. The Hall–Kier alpha value is -1.69. The molecule has 1 rings (SSSR count). The van der Waals surface area contributed by atoms with Crippen molar-refractivity contribution in [2.75, 3.05) is 0 Å². The summed E-state index contributed by atoms with van der Waals surface area (Å²) in [5, 5.41) is 10.2. The van der Waals surface area contributed by atoms with Crippen molar-refractivity contribution in [3.63, 3.8) is 0 Å². The standard InChI is InChI=1S/C6H5FN2O3/c7-4-2-1-3-5(12-8)6(4)9(10)11/h1-3H,8H2. The van der Waals surface area contributed by atoms with E-state index in [0.717, 1.165) is 6.07 Å². The highest BCUT2D eigenvalue weighted by molar-refractivity contribution is 5.46. The van der Waals surface area contributed by atoms with Gasteiger partial charge in [0.05, 0.1) is 4.92 Å². The van der Waals surface area contributed by atoms with Crippen LogP contribution in [0.2, 0.25) is 0 Å². The molecule has 12 heavy (non-hydrogen) atoms. The Kier molecular flexibility index (Phi) is 2.20.